The first-order valence-corrected chi connectivity index (χ1v) is 15.2. The first kappa shape index (κ1) is 28.3. The van der Waals surface area contributed by atoms with E-state index in [1.807, 2.05) is 0 Å². The summed E-state index contributed by atoms with van der Waals surface area (Å²) in [4.78, 5) is 16.2. The zero-order valence-corrected chi connectivity index (χ0v) is 24.2. The average Bonchev–Trinajstić information content (AvgIpc) is 3.19. The van der Waals surface area contributed by atoms with E-state index in [9.17, 15) is 4.79 Å². The van der Waals surface area contributed by atoms with Gasteiger partial charge in [-0.25, -0.2) is 4.79 Å². The highest BCUT2D eigenvalue weighted by Gasteiger charge is 2.59. The van der Waals surface area contributed by atoms with Crippen LogP contribution in [0, 0.1) is 46.3 Å². The van der Waals surface area contributed by atoms with Gasteiger partial charge in [-0.2, -0.15) is 0 Å². The molecule has 210 valence electrons. The number of fused-ring (bicyclic) bond motifs is 5. The quantitative estimate of drug-likeness (QED) is 0.143. The third-order valence-corrected chi connectivity index (χ3v) is 11.2. The van der Waals surface area contributed by atoms with Crippen LogP contribution in [-0.2, 0) is 4.74 Å². The number of rotatable bonds is 9. The van der Waals surface area contributed by atoms with Crippen LogP contribution in [0.4, 0.5) is 4.79 Å². The van der Waals surface area contributed by atoms with Gasteiger partial charge in [-0.1, -0.05) is 65.5 Å². The summed E-state index contributed by atoms with van der Waals surface area (Å²) >= 11 is 0. The number of nitrogens with zero attached hydrogens (tertiary/aromatic N) is 1. The molecule has 7 unspecified atom stereocenters. The van der Waals surface area contributed by atoms with Crippen molar-refractivity contribution in [1.29, 1.82) is 0 Å². The molecule has 0 aromatic carbocycles. The standard InChI is InChI=1S/C31H54N4O2/c1-20(2)7-6-8-21(3)25-11-12-26-24-10-9-22-19-23(37-29(36)35-18-17-34-28(32)33)13-15-30(22,4)27(24)14-16-31(25,26)5/h9,20-21,23-27H,6-8,10-19H2,1-5H3,(H,35,36)(H4,32,33,34)/t21-,23?,24?,25?,26?,27?,30?,31?/m1/s1. The molecule has 1 amide bonds. The first-order valence-electron chi connectivity index (χ1n) is 15.2. The Balaban J connectivity index is 1.36. The van der Waals surface area contributed by atoms with E-state index in [1.54, 1.807) is 5.57 Å². The molecule has 4 aliphatic rings. The maximum atomic E-state index is 12.3. The third kappa shape index (κ3) is 5.98. The largest absolute Gasteiger partial charge is 0.446 e. The fourth-order valence-electron chi connectivity index (χ4n) is 9.29. The minimum atomic E-state index is -0.360. The van der Waals surface area contributed by atoms with Crippen molar-refractivity contribution >= 4 is 12.1 Å². The SMILES string of the molecule is CC(C)CCC[C@@H](C)C1CCC2C3CC=C4CC(OC(=O)NCCN=C(N)N)CCC4(C)C3CCC21C. The van der Waals surface area contributed by atoms with Gasteiger partial charge in [-0.15, -0.1) is 0 Å². The van der Waals surface area contributed by atoms with Crippen LogP contribution < -0.4 is 16.8 Å². The minimum absolute atomic E-state index is 0.0321. The zero-order valence-electron chi connectivity index (χ0n) is 24.2. The van der Waals surface area contributed by atoms with Gasteiger partial charge in [0.15, 0.2) is 5.96 Å². The van der Waals surface area contributed by atoms with Crippen LogP contribution in [0.25, 0.3) is 0 Å². The Morgan fingerprint density at radius 3 is 2.62 bits per heavy atom. The van der Waals surface area contributed by atoms with Crippen molar-refractivity contribution in [3.63, 3.8) is 0 Å². The van der Waals surface area contributed by atoms with Gasteiger partial charge in [-0.3, -0.25) is 4.99 Å². The smallest absolute Gasteiger partial charge is 0.407 e. The third-order valence-electron chi connectivity index (χ3n) is 11.2. The van der Waals surface area contributed by atoms with Crippen LogP contribution in [0.15, 0.2) is 16.6 Å². The topological polar surface area (TPSA) is 103 Å². The van der Waals surface area contributed by atoms with Crippen molar-refractivity contribution in [2.75, 3.05) is 13.1 Å². The van der Waals surface area contributed by atoms with Crippen molar-refractivity contribution in [3.05, 3.63) is 11.6 Å². The Morgan fingerprint density at radius 1 is 1.11 bits per heavy atom. The van der Waals surface area contributed by atoms with E-state index in [1.165, 1.54) is 51.4 Å². The molecule has 0 saturated heterocycles. The number of carbonyl (C=O) groups excluding carboxylic acids is 1. The number of allylic oxidation sites excluding steroid dienone is 1. The molecule has 6 nitrogen and oxygen atoms in total. The van der Waals surface area contributed by atoms with E-state index in [-0.39, 0.29) is 23.6 Å². The second kappa shape index (κ2) is 11.6. The number of amides is 1. The second-order valence-electron chi connectivity index (χ2n) is 13.8. The lowest BCUT2D eigenvalue weighted by molar-refractivity contribution is -0.0581. The van der Waals surface area contributed by atoms with Crippen molar-refractivity contribution in [3.8, 4) is 0 Å². The highest BCUT2D eigenvalue weighted by molar-refractivity contribution is 5.75. The van der Waals surface area contributed by atoms with Gasteiger partial charge in [0.1, 0.15) is 6.10 Å². The number of ether oxygens (including phenoxy) is 1. The van der Waals surface area contributed by atoms with Crippen LogP contribution in [0.3, 0.4) is 0 Å². The number of hydrogen-bond acceptors (Lipinski definition) is 3. The van der Waals surface area contributed by atoms with Crippen LogP contribution in [0.2, 0.25) is 0 Å². The van der Waals surface area contributed by atoms with Crippen molar-refractivity contribution < 1.29 is 9.53 Å². The first-order chi connectivity index (χ1) is 17.5. The summed E-state index contributed by atoms with van der Waals surface area (Å²) in [6.45, 7) is 13.2. The van der Waals surface area contributed by atoms with Crippen LogP contribution in [0.5, 0.6) is 0 Å². The second-order valence-corrected chi connectivity index (χ2v) is 13.8. The van der Waals surface area contributed by atoms with E-state index < -0.39 is 0 Å². The lowest BCUT2D eigenvalue weighted by Gasteiger charge is -2.58. The van der Waals surface area contributed by atoms with Gasteiger partial charge in [0, 0.05) is 13.0 Å². The Bertz CT molecular complexity index is 865. The molecule has 5 N–H and O–H groups in total. The summed E-state index contributed by atoms with van der Waals surface area (Å²) in [5.74, 6) is 5.11. The van der Waals surface area contributed by atoms with E-state index in [0.29, 0.717) is 18.5 Å². The molecule has 3 saturated carbocycles. The summed E-state index contributed by atoms with van der Waals surface area (Å²) in [7, 11) is 0. The molecule has 0 aromatic rings. The highest BCUT2D eigenvalue weighted by atomic mass is 16.6. The lowest BCUT2D eigenvalue weighted by atomic mass is 9.47. The summed E-state index contributed by atoms with van der Waals surface area (Å²) in [5.41, 5.74) is 13.0. The molecule has 0 spiro atoms. The zero-order chi connectivity index (χ0) is 26.8. The molecule has 0 bridgehead atoms. The van der Waals surface area contributed by atoms with Crippen molar-refractivity contribution in [2.24, 2.45) is 62.8 Å². The predicted octanol–water partition coefficient (Wildman–Crippen LogP) is 6.40. The molecule has 8 atom stereocenters. The Kier molecular flexibility index (Phi) is 8.85. The van der Waals surface area contributed by atoms with E-state index in [4.69, 9.17) is 16.2 Å². The molecular formula is C31H54N4O2. The van der Waals surface area contributed by atoms with E-state index in [2.05, 4.69) is 51.0 Å². The number of nitrogens with one attached hydrogen (secondary N) is 1. The molecule has 3 fully saturated rings. The van der Waals surface area contributed by atoms with Crippen LogP contribution >= 0.6 is 0 Å². The number of hydrogen-bond donors (Lipinski definition) is 3. The minimum Gasteiger partial charge on any atom is -0.446 e. The Labute approximate surface area is 225 Å². The van der Waals surface area contributed by atoms with Gasteiger partial charge < -0.3 is 21.5 Å². The van der Waals surface area contributed by atoms with E-state index >= 15 is 0 Å². The number of guanidine groups is 1. The molecule has 37 heavy (non-hydrogen) atoms. The average molecular weight is 515 g/mol. The van der Waals surface area contributed by atoms with Gasteiger partial charge in [0.25, 0.3) is 0 Å². The molecule has 6 heteroatoms. The van der Waals surface area contributed by atoms with E-state index in [0.717, 1.165) is 54.8 Å². The molecule has 0 aromatic heterocycles. The molecule has 4 rings (SSSR count). The summed E-state index contributed by atoms with van der Waals surface area (Å²) in [6, 6.07) is 0. The number of carbonyl (C=O) groups is 1. The normalized spacial score (nSPS) is 37.6. The Morgan fingerprint density at radius 2 is 1.89 bits per heavy atom. The number of aliphatic imine (C=N–C) groups is 1. The molecule has 0 aliphatic heterocycles. The molecule has 4 aliphatic carbocycles. The van der Waals surface area contributed by atoms with Gasteiger partial charge in [-0.05, 0) is 91.3 Å². The summed E-state index contributed by atoms with van der Waals surface area (Å²) < 4.78 is 5.80. The van der Waals surface area contributed by atoms with Gasteiger partial charge >= 0.3 is 6.09 Å². The summed E-state index contributed by atoms with van der Waals surface area (Å²) in [6.07, 6.45) is 16.2. The predicted molar refractivity (Wildman–Crippen MR) is 152 cm³/mol. The molecular weight excluding hydrogens is 460 g/mol. The number of nitrogens with two attached hydrogens (primary N) is 2. The fraction of sp³-hybridized carbons (Fsp3) is 0.871. The van der Waals surface area contributed by atoms with Gasteiger partial charge in [0.05, 0.1) is 6.54 Å². The maximum absolute atomic E-state index is 12.3. The summed E-state index contributed by atoms with van der Waals surface area (Å²) in [5, 5.41) is 2.77. The molecule has 0 radical (unpaired) electrons. The molecule has 0 heterocycles. The lowest BCUT2D eigenvalue weighted by Crippen LogP contribution is -2.51. The Hall–Kier alpha value is -1.72. The van der Waals surface area contributed by atoms with Crippen LogP contribution in [0.1, 0.15) is 105 Å². The highest BCUT2D eigenvalue weighted by Crippen LogP contribution is 2.67. The number of alkyl carbamates (subject to hydrolysis) is 1. The van der Waals surface area contributed by atoms with Gasteiger partial charge in [0.2, 0.25) is 0 Å². The maximum Gasteiger partial charge on any atom is 0.407 e. The monoisotopic (exact) mass is 514 g/mol. The van der Waals surface area contributed by atoms with Crippen molar-refractivity contribution in [1.82, 2.24) is 5.32 Å². The van der Waals surface area contributed by atoms with Crippen molar-refractivity contribution in [2.45, 2.75) is 111 Å². The fourth-order valence-corrected chi connectivity index (χ4v) is 9.29. The van der Waals surface area contributed by atoms with Crippen LogP contribution in [-0.4, -0.2) is 31.2 Å².